The molecule has 0 radical (unpaired) electrons. The molecule has 1 aromatic carbocycles. The maximum atomic E-state index is 12.8. The van der Waals surface area contributed by atoms with Crippen LogP contribution >= 0.6 is 11.6 Å². The standard InChI is InChI=1S/C21H26ClNO4/c1-12(27-20(25)17-8-16(22)3-4-18(17)26-2)19(24)23-21-9-13-5-14(10-21)7-15(6-13)11-21/h3-4,8,12-15H,5-7,9-11H2,1-2H3,(H,23,24)/t12-,13?,14?,15?,21?/m1/s1. The van der Waals surface area contributed by atoms with Gasteiger partial charge in [-0.2, -0.15) is 0 Å². The SMILES string of the molecule is COc1ccc(Cl)cc1C(=O)O[C@H](C)C(=O)NC12CC3CC(CC(C3)C1)C2. The molecule has 4 bridgehead atoms. The Kier molecular flexibility index (Phi) is 4.83. The van der Waals surface area contributed by atoms with Crippen LogP contribution in [0.15, 0.2) is 18.2 Å². The molecule has 5 nitrogen and oxygen atoms in total. The minimum atomic E-state index is -0.866. The maximum Gasteiger partial charge on any atom is 0.342 e. The molecule has 4 fully saturated rings. The topological polar surface area (TPSA) is 64.6 Å². The van der Waals surface area contributed by atoms with Gasteiger partial charge in [0.1, 0.15) is 11.3 Å². The number of ether oxygens (including phenoxy) is 2. The fourth-order valence-corrected chi connectivity index (χ4v) is 5.92. The first-order valence-electron chi connectivity index (χ1n) is 9.74. The van der Waals surface area contributed by atoms with Gasteiger partial charge < -0.3 is 14.8 Å². The number of carbonyl (C=O) groups excluding carboxylic acids is 2. The fourth-order valence-electron chi connectivity index (χ4n) is 5.74. The number of hydrogen-bond donors (Lipinski definition) is 1. The first-order valence-corrected chi connectivity index (χ1v) is 10.1. The highest BCUT2D eigenvalue weighted by Gasteiger charge is 2.51. The predicted octanol–water partition coefficient (Wildman–Crippen LogP) is 3.98. The number of hydrogen-bond acceptors (Lipinski definition) is 4. The first kappa shape index (κ1) is 18.6. The Labute approximate surface area is 164 Å². The Morgan fingerprint density at radius 3 is 2.30 bits per heavy atom. The average Bonchev–Trinajstić information content (AvgIpc) is 2.59. The summed E-state index contributed by atoms with van der Waals surface area (Å²) in [6.45, 7) is 1.62. The lowest BCUT2D eigenvalue weighted by atomic mass is 9.53. The van der Waals surface area contributed by atoms with Gasteiger partial charge in [0.05, 0.1) is 7.11 Å². The van der Waals surface area contributed by atoms with Gasteiger partial charge in [-0.15, -0.1) is 0 Å². The van der Waals surface area contributed by atoms with Crippen molar-refractivity contribution in [2.75, 3.05) is 7.11 Å². The molecule has 0 unspecified atom stereocenters. The van der Waals surface area contributed by atoms with Crippen LogP contribution in [0.5, 0.6) is 5.75 Å². The molecular weight excluding hydrogens is 366 g/mol. The third-order valence-electron chi connectivity index (χ3n) is 6.46. The van der Waals surface area contributed by atoms with E-state index in [1.807, 2.05) is 0 Å². The van der Waals surface area contributed by atoms with Crippen molar-refractivity contribution < 1.29 is 19.1 Å². The van der Waals surface area contributed by atoms with Crippen molar-refractivity contribution in [1.82, 2.24) is 5.32 Å². The van der Waals surface area contributed by atoms with Crippen molar-refractivity contribution in [3.8, 4) is 5.75 Å². The van der Waals surface area contributed by atoms with Gasteiger partial charge >= 0.3 is 5.97 Å². The van der Waals surface area contributed by atoms with Crippen molar-refractivity contribution in [2.24, 2.45) is 17.8 Å². The highest BCUT2D eigenvalue weighted by atomic mass is 35.5. The highest BCUT2D eigenvalue weighted by Crippen LogP contribution is 2.55. The summed E-state index contributed by atoms with van der Waals surface area (Å²) >= 11 is 5.98. The van der Waals surface area contributed by atoms with E-state index in [-0.39, 0.29) is 17.0 Å². The van der Waals surface area contributed by atoms with Crippen LogP contribution < -0.4 is 10.1 Å². The van der Waals surface area contributed by atoms with Crippen molar-refractivity contribution >= 4 is 23.5 Å². The highest BCUT2D eigenvalue weighted by molar-refractivity contribution is 6.31. The molecule has 146 valence electrons. The number of methoxy groups -OCH3 is 1. The number of esters is 1. The molecule has 1 N–H and O–H groups in total. The lowest BCUT2D eigenvalue weighted by Crippen LogP contribution is -2.61. The smallest absolute Gasteiger partial charge is 0.342 e. The number of rotatable bonds is 5. The summed E-state index contributed by atoms with van der Waals surface area (Å²) in [5.41, 5.74) is 0.125. The zero-order valence-electron chi connectivity index (χ0n) is 15.8. The van der Waals surface area contributed by atoms with E-state index in [1.165, 1.54) is 32.4 Å². The summed E-state index contributed by atoms with van der Waals surface area (Å²) in [6, 6.07) is 4.74. The summed E-state index contributed by atoms with van der Waals surface area (Å²) in [5, 5.41) is 3.66. The summed E-state index contributed by atoms with van der Waals surface area (Å²) in [5.74, 6) is 1.77. The molecule has 1 aromatic rings. The van der Waals surface area contributed by atoms with E-state index in [1.54, 1.807) is 19.1 Å². The molecule has 1 atom stereocenters. The quantitative estimate of drug-likeness (QED) is 0.771. The van der Waals surface area contributed by atoms with Gasteiger partial charge in [0.2, 0.25) is 0 Å². The van der Waals surface area contributed by atoms with E-state index in [0.717, 1.165) is 37.0 Å². The lowest BCUT2D eigenvalue weighted by Gasteiger charge is -2.57. The van der Waals surface area contributed by atoms with E-state index >= 15 is 0 Å². The first-order chi connectivity index (χ1) is 12.9. The number of halogens is 1. The molecule has 0 aromatic heterocycles. The van der Waals surface area contributed by atoms with Crippen LogP contribution in [-0.2, 0) is 9.53 Å². The lowest BCUT2D eigenvalue weighted by molar-refractivity contribution is -0.134. The third-order valence-corrected chi connectivity index (χ3v) is 6.70. The Balaban J connectivity index is 1.41. The van der Waals surface area contributed by atoms with Gasteiger partial charge in [0.15, 0.2) is 6.10 Å². The molecule has 4 aliphatic carbocycles. The molecule has 0 saturated heterocycles. The molecule has 4 saturated carbocycles. The van der Waals surface area contributed by atoms with E-state index in [4.69, 9.17) is 21.1 Å². The molecule has 6 heteroatoms. The van der Waals surface area contributed by atoms with Crippen LogP contribution in [0, 0.1) is 17.8 Å². The number of benzene rings is 1. The van der Waals surface area contributed by atoms with Gasteiger partial charge in [-0.3, -0.25) is 4.79 Å². The van der Waals surface area contributed by atoms with Crippen molar-refractivity contribution in [3.63, 3.8) is 0 Å². The average molecular weight is 392 g/mol. The Bertz CT molecular complexity index is 727. The number of carbonyl (C=O) groups is 2. The molecular formula is C21H26ClNO4. The largest absolute Gasteiger partial charge is 0.496 e. The van der Waals surface area contributed by atoms with E-state index in [2.05, 4.69) is 5.32 Å². The van der Waals surface area contributed by atoms with Crippen molar-refractivity contribution in [2.45, 2.75) is 57.1 Å². The monoisotopic (exact) mass is 391 g/mol. The molecule has 4 aliphatic rings. The normalized spacial score (nSPS) is 32.0. The Morgan fingerprint density at radius 2 is 1.74 bits per heavy atom. The predicted molar refractivity (Wildman–Crippen MR) is 102 cm³/mol. The summed E-state index contributed by atoms with van der Waals surface area (Å²) in [6.07, 6.45) is 6.26. The van der Waals surface area contributed by atoms with Gasteiger partial charge in [-0.05, 0) is 81.4 Å². The van der Waals surface area contributed by atoms with Crippen LogP contribution in [0.3, 0.4) is 0 Å². The van der Waals surface area contributed by atoms with Crippen LogP contribution in [-0.4, -0.2) is 30.6 Å². The zero-order valence-corrected chi connectivity index (χ0v) is 16.6. The fraction of sp³-hybridized carbons (Fsp3) is 0.619. The van der Waals surface area contributed by atoms with Crippen LogP contribution in [0.4, 0.5) is 0 Å². The Morgan fingerprint density at radius 1 is 1.15 bits per heavy atom. The number of amides is 1. The van der Waals surface area contributed by atoms with Gasteiger partial charge in [0.25, 0.3) is 5.91 Å². The van der Waals surface area contributed by atoms with Crippen LogP contribution in [0.1, 0.15) is 55.8 Å². The Hall–Kier alpha value is -1.75. The summed E-state index contributed by atoms with van der Waals surface area (Å²) in [4.78, 5) is 25.3. The summed E-state index contributed by atoms with van der Waals surface area (Å²) < 4.78 is 10.6. The molecule has 5 rings (SSSR count). The number of nitrogens with one attached hydrogen (secondary N) is 1. The minimum Gasteiger partial charge on any atom is -0.496 e. The van der Waals surface area contributed by atoms with Crippen LogP contribution in [0.2, 0.25) is 5.02 Å². The molecule has 0 spiro atoms. The second-order valence-corrected chi connectivity index (χ2v) is 9.02. The van der Waals surface area contributed by atoms with Gasteiger partial charge in [-0.1, -0.05) is 11.6 Å². The molecule has 27 heavy (non-hydrogen) atoms. The zero-order chi connectivity index (χ0) is 19.2. The summed E-state index contributed by atoms with van der Waals surface area (Å²) in [7, 11) is 1.48. The third kappa shape index (κ3) is 3.66. The second kappa shape index (κ2) is 7.01. The van der Waals surface area contributed by atoms with E-state index in [9.17, 15) is 9.59 Å². The van der Waals surface area contributed by atoms with Crippen molar-refractivity contribution in [1.29, 1.82) is 0 Å². The molecule has 0 aliphatic heterocycles. The second-order valence-electron chi connectivity index (χ2n) is 8.58. The van der Waals surface area contributed by atoms with E-state index < -0.39 is 12.1 Å². The maximum absolute atomic E-state index is 12.8. The minimum absolute atomic E-state index is 0.0970. The van der Waals surface area contributed by atoms with Crippen molar-refractivity contribution in [3.05, 3.63) is 28.8 Å². The molecule has 1 amide bonds. The van der Waals surface area contributed by atoms with Gasteiger partial charge in [0, 0.05) is 10.6 Å². The molecule has 0 heterocycles. The van der Waals surface area contributed by atoms with Gasteiger partial charge in [-0.25, -0.2) is 4.79 Å². The van der Waals surface area contributed by atoms with Crippen LogP contribution in [0.25, 0.3) is 0 Å². The van der Waals surface area contributed by atoms with E-state index in [0.29, 0.717) is 10.8 Å².